The number of nitrogens with one attached hydrogen (secondary N) is 1. The SMILES string of the molecule is CCNC(=O)CN(CC)c1ncccc1[C@@H](C)O. The Labute approximate surface area is 108 Å². The van der Waals surface area contributed by atoms with E-state index < -0.39 is 6.10 Å². The van der Waals surface area contributed by atoms with E-state index in [1.54, 1.807) is 19.2 Å². The minimum atomic E-state index is -0.600. The first-order valence-electron chi connectivity index (χ1n) is 6.24. The largest absolute Gasteiger partial charge is 0.389 e. The molecule has 0 radical (unpaired) electrons. The Morgan fingerprint density at radius 3 is 2.83 bits per heavy atom. The lowest BCUT2D eigenvalue weighted by Gasteiger charge is -2.24. The molecule has 1 aromatic rings. The summed E-state index contributed by atoms with van der Waals surface area (Å²) in [5, 5.41) is 12.5. The van der Waals surface area contributed by atoms with E-state index in [1.165, 1.54) is 0 Å². The molecule has 0 aliphatic carbocycles. The fourth-order valence-electron chi connectivity index (χ4n) is 1.76. The molecule has 2 N–H and O–H groups in total. The molecule has 1 atom stereocenters. The number of pyridine rings is 1. The fourth-order valence-corrected chi connectivity index (χ4v) is 1.76. The first-order valence-corrected chi connectivity index (χ1v) is 6.24. The van der Waals surface area contributed by atoms with Gasteiger partial charge in [-0.15, -0.1) is 0 Å². The van der Waals surface area contributed by atoms with Crippen molar-refractivity contribution in [3.05, 3.63) is 23.9 Å². The summed E-state index contributed by atoms with van der Waals surface area (Å²) >= 11 is 0. The maximum absolute atomic E-state index is 11.6. The Balaban J connectivity index is 2.91. The van der Waals surface area contributed by atoms with E-state index in [0.717, 1.165) is 5.56 Å². The van der Waals surface area contributed by atoms with Crippen molar-refractivity contribution in [3.63, 3.8) is 0 Å². The molecule has 1 rings (SSSR count). The molecule has 0 spiro atoms. The molecular formula is C13H21N3O2. The average molecular weight is 251 g/mol. The number of nitrogens with zero attached hydrogens (tertiary/aromatic N) is 2. The first kappa shape index (κ1) is 14.4. The minimum Gasteiger partial charge on any atom is -0.389 e. The van der Waals surface area contributed by atoms with E-state index in [4.69, 9.17) is 0 Å². The third kappa shape index (κ3) is 3.70. The van der Waals surface area contributed by atoms with E-state index in [9.17, 15) is 9.90 Å². The lowest BCUT2D eigenvalue weighted by atomic mass is 10.1. The van der Waals surface area contributed by atoms with Gasteiger partial charge in [-0.3, -0.25) is 4.79 Å². The smallest absolute Gasteiger partial charge is 0.239 e. The predicted octanol–water partition coefficient (Wildman–Crippen LogP) is 1.10. The average Bonchev–Trinajstić information content (AvgIpc) is 2.36. The van der Waals surface area contributed by atoms with E-state index >= 15 is 0 Å². The van der Waals surface area contributed by atoms with Gasteiger partial charge in [-0.2, -0.15) is 0 Å². The third-order valence-electron chi connectivity index (χ3n) is 2.66. The van der Waals surface area contributed by atoms with Gasteiger partial charge in [0.25, 0.3) is 0 Å². The standard InChI is InChI=1S/C13H21N3O2/c1-4-14-12(18)9-16(5-2)13-11(10(3)17)7-6-8-15-13/h6-8,10,17H,4-5,9H2,1-3H3,(H,14,18)/t10-/m1/s1. The van der Waals surface area contributed by atoms with Crippen LogP contribution in [0.25, 0.3) is 0 Å². The quantitative estimate of drug-likeness (QED) is 0.794. The molecular weight excluding hydrogens is 230 g/mol. The molecule has 0 bridgehead atoms. The van der Waals surface area contributed by atoms with Crippen molar-refractivity contribution in [1.29, 1.82) is 0 Å². The van der Waals surface area contributed by atoms with Crippen LogP contribution in [0, 0.1) is 0 Å². The number of carbonyl (C=O) groups excluding carboxylic acids is 1. The highest BCUT2D eigenvalue weighted by Crippen LogP contribution is 2.23. The van der Waals surface area contributed by atoms with Gasteiger partial charge < -0.3 is 15.3 Å². The second-order valence-electron chi connectivity index (χ2n) is 4.06. The topological polar surface area (TPSA) is 65.5 Å². The Kier molecular flexibility index (Phi) is 5.58. The zero-order valence-electron chi connectivity index (χ0n) is 11.2. The summed E-state index contributed by atoms with van der Waals surface area (Å²) in [6.07, 6.45) is 1.07. The Bertz CT molecular complexity index is 394. The van der Waals surface area contributed by atoms with Gasteiger partial charge in [0, 0.05) is 24.8 Å². The van der Waals surface area contributed by atoms with Crippen LogP contribution in [0.4, 0.5) is 5.82 Å². The van der Waals surface area contributed by atoms with E-state index in [2.05, 4.69) is 10.3 Å². The lowest BCUT2D eigenvalue weighted by molar-refractivity contribution is -0.119. The summed E-state index contributed by atoms with van der Waals surface area (Å²) in [6.45, 7) is 7.06. The summed E-state index contributed by atoms with van der Waals surface area (Å²) in [5.41, 5.74) is 0.739. The monoisotopic (exact) mass is 251 g/mol. The van der Waals surface area contributed by atoms with Crippen LogP contribution < -0.4 is 10.2 Å². The van der Waals surface area contributed by atoms with Gasteiger partial charge in [0.2, 0.25) is 5.91 Å². The molecule has 1 aromatic heterocycles. The molecule has 0 aliphatic heterocycles. The number of aliphatic hydroxyl groups excluding tert-OH is 1. The number of amides is 1. The molecule has 1 amide bonds. The predicted molar refractivity (Wildman–Crippen MR) is 71.4 cm³/mol. The van der Waals surface area contributed by atoms with Crippen LogP contribution in [-0.4, -0.2) is 35.6 Å². The van der Waals surface area contributed by atoms with Crippen LogP contribution in [0.5, 0.6) is 0 Å². The number of carbonyl (C=O) groups is 1. The molecule has 0 fully saturated rings. The molecule has 5 heteroatoms. The molecule has 1 heterocycles. The zero-order valence-corrected chi connectivity index (χ0v) is 11.2. The van der Waals surface area contributed by atoms with Crippen molar-refractivity contribution in [2.24, 2.45) is 0 Å². The van der Waals surface area contributed by atoms with Crippen LogP contribution in [0.1, 0.15) is 32.4 Å². The molecule has 5 nitrogen and oxygen atoms in total. The van der Waals surface area contributed by atoms with Crippen LogP contribution in [0.15, 0.2) is 18.3 Å². The number of anilines is 1. The van der Waals surface area contributed by atoms with Crippen LogP contribution in [0.2, 0.25) is 0 Å². The summed E-state index contributed by atoms with van der Waals surface area (Å²) < 4.78 is 0. The van der Waals surface area contributed by atoms with Crippen LogP contribution >= 0.6 is 0 Å². The number of hydrogen-bond donors (Lipinski definition) is 2. The number of likely N-dealkylation sites (N-methyl/N-ethyl adjacent to an activating group) is 2. The normalized spacial score (nSPS) is 12.0. The molecule has 0 aliphatic rings. The number of aliphatic hydroxyl groups is 1. The van der Waals surface area contributed by atoms with Gasteiger partial charge in [-0.25, -0.2) is 4.98 Å². The van der Waals surface area contributed by atoms with Gasteiger partial charge >= 0.3 is 0 Å². The van der Waals surface area contributed by atoms with Gasteiger partial charge in [0.15, 0.2) is 0 Å². The first-order chi connectivity index (χ1) is 8.60. The fraction of sp³-hybridized carbons (Fsp3) is 0.538. The van der Waals surface area contributed by atoms with Crippen molar-refractivity contribution in [3.8, 4) is 0 Å². The molecule has 18 heavy (non-hydrogen) atoms. The summed E-state index contributed by atoms with van der Waals surface area (Å²) in [7, 11) is 0. The summed E-state index contributed by atoms with van der Waals surface area (Å²) in [6, 6.07) is 3.61. The van der Waals surface area contributed by atoms with E-state index in [-0.39, 0.29) is 12.5 Å². The van der Waals surface area contributed by atoms with Crippen molar-refractivity contribution >= 4 is 11.7 Å². The molecule has 100 valence electrons. The minimum absolute atomic E-state index is 0.0402. The highest BCUT2D eigenvalue weighted by atomic mass is 16.3. The maximum atomic E-state index is 11.6. The Morgan fingerprint density at radius 1 is 1.56 bits per heavy atom. The van der Waals surface area contributed by atoms with Gasteiger partial charge in [0.05, 0.1) is 12.6 Å². The second kappa shape index (κ2) is 6.96. The van der Waals surface area contributed by atoms with Gasteiger partial charge in [0.1, 0.15) is 5.82 Å². The molecule has 0 saturated heterocycles. The van der Waals surface area contributed by atoms with Crippen molar-refractivity contribution in [2.45, 2.75) is 26.9 Å². The van der Waals surface area contributed by atoms with Crippen LogP contribution in [0.3, 0.4) is 0 Å². The number of hydrogen-bond acceptors (Lipinski definition) is 4. The number of aromatic nitrogens is 1. The van der Waals surface area contributed by atoms with Crippen molar-refractivity contribution in [1.82, 2.24) is 10.3 Å². The van der Waals surface area contributed by atoms with Crippen molar-refractivity contribution < 1.29 is 9.90 Å². The zero-order chi connectivity index (χ0) is 13.5. The number of rotatable bonds is 6. The van der Waals surface area contributed by atoms with Gasteiger partial charge in [-0.1, -0.05) is 6.07 Å². The highest BCUT2D eigenvalue weighted by molar-refractivity contribution is 5.81. The maximum Gasteiger partial charge on any atom is 0.239 e. The van der Waals surface area contributed by atoms with Crippen molar-refractivity contribution in [2.75, 3.05) is 24.5 Å². The summed E-state index contributed by atoms with van der Waals surface area (Å²) in [5.74, 6) is 0.628. The summed E-state index contributed by atoms with van der Waals surface area (Å²) in [4.78, 5) is 17.7. The molecule has 0 saturated carbocycles. The van der Waals surface area contributed by atoms with Crippen LogP contribution in [-0.2, 0) is 4.79 Å². The Morgan fingerprint density at radius 2 is 2.28 bits per heavy atom. The second-order valence-corrected chi connectivity index (χ2v) is 4.06. The molecule has 0 aromatic carbocycles. The van der Waals surface area contributed by atoms with E-state index in [0.29, 0.717) is 18.9 Å². The molecule has 0 unspecified atom stereocenters. The Hall–Kier alpha value is -1.62. The highest BCUT2D eigenvalue weighted by Gasteiger charge is 2.16. The van der Waals surface area contributed by atoms with E-state index in [1.807, 2.05) is 24.8 Å². The third-order valence-corrected chi connectivity index (χ3v) is 2.66. The lowest BCUT2D eigenvalue weighted by Crippen LogP contribution is -2.38. The van der Waals surface area contributed by atoms with Gasteiger partial charge in [-0.05, 0) is 26.8 Å².